The van der Waals surface area contributed by atoms with Gasteiger partial charge in [-0.1, -0.05) is 46.4 Å². The topological polar surface area (TPSA) is 44.6 Å². The van der Waals surface area contributed by atoms with Crippen molar-refractivity contribution >= 4 is 63.6 Å². The summed E-state index contributed by atoms with van der Waals surface area (Å²) < 4.78 is 0. The molecule has 1 aliphatic heterocycles. The lowest BCUT2D eigenvalue weighted by Gasteiger charge is -2.31. The van der Waals surface area contributed by atoms with Crippen LogP contribution in [0.25, 0.3) is 0 Å². The lowest BCUT2D eigenvalue weighted by Crippen LogP contribution is -2.98. The predicted molar refractivity (Wildman–Crippen MR) is 80.0 cm³/mol. The predicted octanol–water partition coefficient (Wildman–Crippen LogP) is 4.19. The zero-order valence-electron chi connectivity index (χ0n) is 9.64. The molecule has 0 atom stereocenters. The van der Waals surface area contributed by atoms with Gasteiger partial charge in [-0.15, -0.1) is 0 Å². The SMILES string of the molecule is O=C1c2c(Cl)ccc(Cl)c2[NH+]([O-])c2c(Cl)ccc(Cl)c21. The normalized spacial score (nSPS) is 14.2. The number of carbonyl (C=O) groups is 1. The van der Waals surface area contributed by atoms with Crippen LogP contribution in [-0.4, -0.2) is 5.78 Å². The number of quaternary nitrogens is 1. The van der Waals surface area contributed by atoms with Gasteiger partial charge in [0.15, 0.2) is 11.4 Å². The van der Waals surface area contributed by atoms with E-state index in [4.69, 9.17) is 46.4 Å². The molecule has 1 aliphatic rings. The van der Waals surface area contributed by atoms with E-state index >= 15 is 0 Å². The van der Waals surface area contributed by atoms with Gasteiger partial charge in [0.1, 0.15) is 21.2 Å². The molecule has 0 fully saturated rings. The molecule has 102 valence electrons. The number of fused-ring (bicyclic) bond motifs is 2. The van der Waals surface area contributed by atoms with Crippen LogP contribution < -0.4 is 5.06 Å². The number of hydrogen-bond acceptors (Lipinski definition) is 2. The Hall–Kier alpha value is -0.810. The van der Waals surface area contributed by atoms with Crippen molar-refractivity contribution in [1.82, 2.24) is 0 Å². The van der Waals surface area contributed by atoms with Gasteiger partial charge in [-0.25, -0.2) is 0 Å². The second-order valence-electron chi connectivity index (χ2n) is 4.22. The maximum absolute atomic E-state index is 12.6. The molecule has 3 rings (SSSR count). The molecule has 0 aromatic heterocycles. The lowest BCUT2D eigenvalue weighted by atomic mass is 9.95. The molecule has 0 bridgehead atoms. The molecular weight excluding hydrogens is 344 g/mol. The van der Waals surface area contributed by atoms with E-state index in [1.54, 1.807) is 0 Å². The number of ketones is 1. The van der Waals surface area contributed by atoms with E-state index in [1.807, 2.05) is 0 Å². The van der Waals surface area contributed by atoms with Crippen LogP contribution in [0.1, 0.15) is 15.9 Å². The van der Waals surface area contributed by atoms with E-state index < -0.39 is 10.8 Å². The molecule has 0 unspecified atom stereocenters. The monoisotopic (exact) mass is 347 g/mol. The van der Waals surface area contributed by atoms with Crippen LogP contribution in [0.3, 0.4) is 0 Å². The van der Waals surface area contributed by atoms with Crippen molar-refractivity contribution in [2.75, 3.05) is 0 Å². The molecule has 0 saturated heterocycles. The Morgan fingerprint density at radius 3 is 1.50 bits per heavy atom. The van der Waals surface area contributed by atoms with E-state index in [1.165, 1.54) is 24.3 Å². The minimum atomic E-state index is -0.449. The molecule has 7 heteroatoms. The zero-order valence-corrected chi connectivity index (χ0v) is 12.7. The van der Waals surface area contributed by atoms with Gasteiger partial charge in [0.05, 0.1) is 10.0 Å². The van der Waals surface area contributed by atoms with Crippen molar-refractivity contribution in [3.8, 4) is 0 Å². The summed E-state index contributed by atoms with van der Waals surface area (Å²) in [7, 11) is 0. The highest BCUT2D eigenvalue weighted by atomic mass is 35.5. The highest BCUT2D eigenvalue weighted by Crippen LogP contribution is 2.41. The average molecular weight is 349 g/mol. The van der Waals surface area contributed by atoms with Crippen LogP contribution in [0.15, 0.2) is 24.3 Å². The van der Waals surface area contributed by atoms with Crippen molar-refractivity contribution in [2.45, 2.75) is 0 Å². The number of benzene rings is 2. The van der Waals surface area contributed by atoms with Crippen molar-refractivity contribution in [1.29, 1.82) is 0 Å². The van der Waals surface area contributed by atoms with Crippen LogP contribution in [0.4, 0.5) is 11.4 Å². The van der Waals surface area contributed by atoms with Crippen LogP contribution in [0.2, 0.25) is 20.1 Å². The van der Waals surface area contributed by atoms with Gasteiger partial charge in [0, 0.05) is 0 Å². The highest BCUT2D eigenvalue weighted by Gasteiger charge is 2.37. The Labute approximate surface area is 134 Å². The van der Waals surface area contributed by atoms with Crippen molar-refractivity contribution < 1.29 is 9.86 Å². The third-order valence-electron chi connectivity index (χ3n) is 3.12. The third kappa shape index (κ3) is 1.86. The van der Waals surface area contributed by atoms with Crippen LogP contribution >= 0.6 is 46.4 Å². The summed E-state index contributed by atoms with van der Waals surface area (Å²) in [5.41, 5.74) is 0.281. The first-order valence-corrected chi connectivity index (χ1v) is 7.00. The average Bonchev–Trinajstić information content (AvgIpc) is 2.41. The van der Waals surface area contributed by atoms with Crippen LogP contribution in [-0.2, 0) is 0 Å². The van der Waals surface area contributed by atoms with Crippen molar-refractivity contribution in [3.05, 3.63) is 60.7 Å². The number of nitrogens with one attached hydrogen (secondary N) is 1. The maximum Gasteiger partial charge on any atom is 0.208 e. The summed E-state index contributed by atoms with van der Waals surface area (Å²) in [6, 6.07) is 5.88. The van der Waals surface area contributed by atoms with Crippen molar-refractivity contribution in [2.24, 2.45) is 0 Å². The molecule has 1 heterocycles. The first-order chi connectivity index (χ1) is 9.43. The lowest BCUT2D eigenvalue weighted by molar-refractivity contribution is -0.699. The third-order valence-corrected chi connectivity index (χ3v) is 4.38. The zero-order chi connectivity index (χ0) is 14.6. The van der Waals surface area contributed by atoms with Gasteiger partial charge >= 0.3 is 0 Å². The minimum absolute atomic E-state index is 0.0702. The Balaban J connectivity index is 2.43. The molecule has 3 nitrogen and oxygen atoms in total. The standard InChI is InChI=1S/C13H5Cl4NO2/c14-5-1-3-7(16)11-9(5)13(19)10-6(15)2-4-8(17)12(10)18(11)20/h1-4,18H. The molecule has 0 saturated carbocycles. The molecule has 0 aliphatic carbocycles. The summed E-state index contributed by atoms with van der Waals surface area (Å²) >= 11 is 24.1. The van der Waals surface area contributed by atoms with Gasteiger partial charge in [-0.05, 0) is 24.3 Å². The quantitative estimate of drug-likeness (QED) is 0.725. The van der Waals surface area contributed by atoms with Gasteiger partial charge in [0.2, 0.25) is 5.78 Å². The van der Waals surface area contributed by atoms with E-state index in [0.29, 0.717) is 0 Å². The summed E-state index contributed by atoms with van der Waals surface area (Å²) in [5.74, 6) is -0.449. The van der Waals surface area contributed by atoms with Gasteiger partial charge in [-0.2, -0.15) is 0 Å². The van der Waals surface area contributed by atoms with Crippen LogP contribution in [0.5, 0.6) is 0 Å². The first-order valence-electron chi connectivity index (χ1n) is 5.49. The molecule has 2 aromatic carbocycles. The number of carbonyl (C=O) groups excluding carboxylic acids is 1. The molecule has 0 amide bonds. The largest absolute Gasteiger partial charge is 0.623 e. The highest BCUT2D eigenvalue weighted by molar-refractivity contribution is 6.43. The van der Waals surface area contributed by atoms with E-state index in [0.717, 1.165) is 0 Å². The smallest absolute Gasteiger partial charge is 0.208 e. The molecule has 1 N–H and O–H groups in total. The summed E-state index contributed by atoms with van der Waals surface area (Å²) in [6.07, 6.45) is 0. The maximum atomic E-state index is 12.6. The first kappa shape index (κ1) is 14.1. The summed E-state index contributed by atoms with van der Waals surface area (Å²) in [5, 5.41) is 12.7. The Bertz CT molecular complexity index is 699. The molecule has 0 radical (unpaired) electrons. The molecular formula is C13H5Cl4NO2. The molecule has 0 spiro atoms. The van der Waals surface area contributed by atoms with Crippen LogP contribution in [0, 0.1) is 5.21 Å². The fraction of sp³-hybridized carbons (Fsp3) is 0. The fourth-order valence-electron chi connectivity index (χ4n) is 2.24. The second-order valence-corrected chi connectivity index (χ2v) is 5.85. The van der Waals surface area contributed by atoms with Gasteiger partial charge in [-0.3, -0.25) is 4.79 Å². The number of rotatable bonds is 0. The minimum Gasteiger partial charge on any atom is -0.623 e. The van der Waals surface area contributed by atoms with E-state index in [2.05, 4.69) is 0 Å². The van der Waals surface area contributed by atoms with Gasteiger partial charge in [0.25, 0.3) is 0 Å². The Morgan fingerprint density at radius 2 is 1.10 bits per heavy atom. The second kappa shape index (κ2) is 4.88. The number of halogens is 4. The summed E-state index contributed by atoms with van der Waals surface area (Å²) in [4.78, 5) is 12.6. The van der Waals surface area contributed by atoms with E-state index in [-0.39, 0.29) is 42.6 Å². The fourth-order valence-corrected chi connectivity index (χ4v) is 3.21. The Kier molecular flexibility index (Phi) is 3.45. The summed E-state index contributed by atoms with van der Waals surface area (Å²) in [6.45, 7) is 0. The van der Waals surface area contributed by atoms with E-state index in [9.17, 15) is 10.0 Å². The van der Waals surface area contributed by atoms with Crippen molar-refractivity contribution in [3.63, 3.8) is 0 Å². The van der Waals surface area contributed by atoms with Gasteiger partial charge < -0.3 is 10.3 Å². The molecule has 2 aromatic rings. The molecule has 20 heavy (non-hydrogen) atoms. The number of hydrogen-bond donors (Lipinski definition) is 1. The Morgan fingerprint density at radius 1 is 0.750 bits per heavy atom.